The number of oxime groups is 1. The minimum atomic E-state index is -0.153. The first-order valence-corrected chi connectivity index (χ1v) is 6.41. The van der Waals surface area contributed by atoms with Crippen LogP contribution in [0, 0.1) is 0 Å². The molecule has 0 saturated heterocycles. The fourth-order valence-electron chi connectivity index (χ4n) is 1.41. The number of rotatable bonds is 3. The smallest absolute Gasteiger partial charge is 0.238 e. The first-order valence-electron chi connectivity index (χ1n) is 5.28. The van der Waals surface area contributed by atoms with E-state index in [1.165, 1.54) is 18.3 Å². The van der Waals surface area contributed by atoms with Gasteiger partial charge in [-0.05, 0) is 18.2 Å². The number of pyridine rings is 1. The monoisotopic (exact) mass is 331 g/mol. The van der Waals surface area contributed by atoms with Crippen LogP contribution >= 0.6 is 34.8 Å². The standard InChI is InChI=1S/C12H8Cl3N3O2/c13-6-1-2-8(14)9(5-6)20-12-10(15)7(3-4-17-12)11(16)18-19/h1-5,19H,(H2,16,18). The zero-order valence-corrected chi connectivity index (χ0v) is 12.1. The highest BCUT2D eigenvalue weighted by atomic mass is 35.5. The first kappa shape index (κ1) is 14.7. The predicted molar refractivity (Wildman–Crippen MR) is 78.3 cm³/mol. The molecule has 5 nitrogen and oxygen atoms in total. The zero-order chi connectivity index (χ0) is 14.7. The molecule has 1 aromatic heterocycles. The fourth-order valence-corrected chi connectivity index (χ4v) is 1.97. The summed E-state index contributed by atoms with van der Waals surface area (Å²) >= 11 is 17.9. The molecule has 0 aliphatic carbocycles. The molecule has 2 rings (SSSR count). The van der Waals surface area contributed by atoms with E-state index in [4.69, 9.17) is 50.5 Å². The second-order valence-electron chi connectivity index (χ2n) is 3.64. The van der Waals surface area contributed by atoms with Gasteiger partial charge in [-0.25, -0.2) is 4.98 Å². The molecule has 8 heteroatoms. The molecule has 20 heavy (non-hydrogen) atoms. The minimum Gasteiger partial charge on any atom is -0.436 e. The van der Waals surface area contributed by atoms with Gasteiger partial charge in [0.15, 0.2) is 5.84 Å². The van der Waals surface area contributed by atoms with Crippen LogP contribution in [-0.4, -0.2) is 16.0 Å². The van der Waals surface area contributed by atoms with Crippen LogP contribution in [0.5, 0.6) is 11.6 Å². The molecule has 0 atom stereocenters. The van der Waals surface area contributed by atoms with Crippen molar-refractivity contribution in [3.63, 3.8) is 0 Å². The van der Waals surface area contributed by atoms with Crippen molar-refractivity contribution >= 4 is 40.6 Å². The van der Waals surface area contributed by atoms with E-state index < -0.39 is 0 Å². The maximum absolute atomic E-state index is 8.68. The number of hydrogen-bond acceptors (Lipinski definition) is 4. The Hall–Kier alpha value is -1.69. The molecule has 0 aliphatic rings. The molecule has 0 amide bonds. The lowest BCUT2D eigenvalue weighted by molar-refractivity contribution is 0.318. The van der Waals surface area contributed by atoms with Crippen molar-refractivity contribution in [3.05, 3.63) is 51.1 Å². The number of halogens is 3. The molecule has 0 spiro atoms. The first-order chi connectivity index (χ1) is 9.52. The van der Waals surface area contributed by atoms with Gasteiger partial charge in [0.1, 0.15) is 10.8 Å². The lowest BCUT2D eigenvalue weighted by Crippen LogP contribution is -2.14. The summed E-state index contributed by atoms with van der Waals surface area (Å²) in [5.41, 5.74) is 5.79. The van der Waals surface area contributed by atoms with Crippen LogP contribution in [0.25, 0.3) is 0 Å². The van der Waals surface area contributed by atoms with Crippen LogP contribution in [-0.2, 0) is 0 Å². The summed E-state index contributed by atoms with van der Waals surface area (Å²) in [4.78, 5) is 3.97. The van der Waals surface area contributed by atoms with Crippen molar-refractivity contribution in [1.29, 1.82) is 0 Å². The van der Waals surface area contributed by atoms with Gasteiger partial charge in [-0.15, -0.1) is 0 Å². The van der Waals surface area contributed by atoms with Crippen molar-refractivity contribution < 1.29 is 9.94 Å². The van der Waals surface area contributed by atoms with E-state index in [2.05, 4.69) is 10.1 Å². The SMILES string of the molecule is N/C(=N/O)c1ccnc(Oc2cc(Cl)ccc2Cl)c1Cl. The van der Waals surface area contributed by atoms with Gasteiger partial charge in [0.25, 0.3) is 0 Å². The van der Waals surface area contributed by atoms with E-state index in [1.54, 1.807) is 12.1 Å². The average molecular weight is 333 g/mol. The van der Waals surface area contributed by atoms with E-state index in [9.17, 15) is 0 Å². The van der Waals surface area contributed by atoms with Crippen molar-refractivity contribution in [1.82, 2.24) is 4.98 Å². The molecule has 0 radical (unpaired) electrons. The van der Waals surface area contributed by atoms with Crippen LogP contribution in [0.1, 0.15) is 5.56 Å². The van der Waals surface area contributed by atoms with Crippen LogP contribution in [0.15, 0.2) is 35.6 Å². The Morgan fingerprint density at radius 2 is 2.00 bits per heavy atom. The predicted octanol–water partition coefficient (Wildman–Crippen LogP) is 3.93. The Bertz CT molecular complexity index is 677. The average Bonchev–Trinajstić information content (AvgIpc) is 2.44. The Balaban J connectivity index is 2.42. The van der Waals surface area contributed by atoms with E-state index in [0.29, 0.717) is 15.8 Å². The maximum Gasteiger partial charge on any atom is 0.238 e. The zero-order valence-electron chi connectivity index (χ0n) is 9.85. The third kappa shape index (κ3) is 3.07. The lowest BCUT2D eigenvalue weighted by Gasteiger charge is -2.10. The molecule has 3 N–H and O–H groups in total. The second-order valence-corrected chi connectivity index (χ2v) is 4.86. The normalized spacial score (nSPS) is 11.4. The molecule has 1 aromatic carbocycles. The number of amidine groups is 1. The molecule has 0 fully saturated rings. The number of nitrogens with zero attached hydrogens (tertiary/aromatic N) is 2. The maximum atomic E-state index is 8.68. The molecule has 2 aromatic rings. The number of aromatic nitrogens is 1. The largest absolute Gasteiger partial charge is 0.436 e. The van der Waals surface area contributed by atoms with Crippen molar-refractivity contribution in [3.8, 4) is 11.6 Å². The van der Waals surface area contributed by atoms with E-state index in [0.717, 1.165) is 0 Å². The van der Waals surface area contributed by atoms with Crippen LogP contribution < -0.4 is 10.5 Å². The van der Waals surface area contributed by atoms with Crippen LogP contribution in [0.2, 0.25) is 15.1 Å². The summed E-state index contributed by atoms with van der Waals surface area (Å²) in [6.07, 6.45) is 1.41. The summed E-state index contributed by atoms with van der Waals surface area (Å²) in [6, 6.07) is 6.22. The Kier molecular flexibility index (Phi) is 4.54. The summed E-state index contributed by atoms with van der Waals surface area (Å²) in [6.45, 7) is 0. The molecule has 104 valence electrons. The van der Waals surface area contributed by atoms with Gasteiger partial charge in [0.2, 0.25) is 5.88 Å². The summed E-state index contributed by atoms with van der Waals surface area (Å²) in [5.74, 6) is 0.213. The van der Waals surface area contributed by atoms with Crippen molar-refractivity contribution in [2.75, 3.05) is 0 Å². The number of nitrogens with two attached hydrogens (primary N) is 1. The number of benzene rings is 1. The third-order valence-corrected chi connectivity index (χ3v) is 3.25. The quantitative estimate of drug-likeness (QED) is 0.386. The summed E-state index contributed by atoms with van der Waals surface area (Å²) < 4.78 is 5.50. The van der Waals surface area contributed by atoms with Gasteiger partial charge in [-0.3, -0.25) is 0 Å². The molecule has 0 aliphatic heterocycles. The van der Waals surface area contributed by atoms with Gasteiger partial charge in [0, 0.05) is 22.8 Å². The van der Waals surface area contributed by atoms with Crippen molar-refractivity contribution in [2.45, 2.75) is 0 Å². The topological polar surface area (TPSA) is 80.7 Å². The van der Waals surface area contributed by atoms with E-state index in [1.807, 2.05) is 0 Å². The second kappa shape index (κ2) is 6.17. The number of ether oxygens (including phenoxy) is 1. The highest BCUT2D eigenvalue weighted by Crippen LogP contribution is 2.35. The van der Waals surface area contributed by atoms with Crippen LogP contribution in [0.4, 0.5) is 0 Å². The molecule has 0 saturated carbocycles. The molecule has 0 bridgehead atoms. The van der Waals surface area contributed by atoms with Gasteiger partial charge >= 0.3 is 0 Å². The summed E-state index contributed by atoms with van der Waals surface area (Å²) in [7, 11) is 0. The van der Waals surface area contributed by atoms with Gasteiger partial charge in [-0.2, -0.15) is 0 Å². The highest BCUT2D eigenvalue weighted by Gasteiger charge is 2.14. The Labute approximate surface area is 129 Å². The molecule has 1 heterocycles. The fraction of sp³-hybridized carbons (Fsp3) is 0. The van der Waals surface area contributed by atoms with E-state index in [-0.39, 0.29) is 22.3 Å². The molecular weight excluding hydrogens is 325 g/mol. The van der Waals surface area contributed by atoms with Gasteiger partial charge in [0.05, 0.1) is 5.02 Å². The third-order valence-electron chi connectivity index (χ3n) is 2.34. The molecule has 0 unspecified atom stereocenters. The van der Waals surface area contributed by atoms with Crippen molar-refractivity contribution in [2.24, 2.45) is 10.9 Å². The Morgan fingerprint density at radius 3 is 2.70 bits per heavy atom. The highest BCUT2D eigenvalue weighted by molar-refractivity contribution is 6.35. The summed E-state index contributed by atoms with van der Waals surface area (Å²) in [5, 5.41) is 12.5. The molecular formula is C12H8Cl3N3O2. The van der Waals surface area contributed by atoms with Gasteiger partial charge < -0.3 is 15.7 Å². The Morgan fingerprint density at radius 1 is 1.25 bits per heavy atom. The van der Waals surface area contributed by atoms with Crippen LogP contribution in [0.3, 0.4) is 0 Å². The minimum absolute atomic E-state index is 0.0694. The van der Waals surface area contributed by atoms with Gasteiger partial charge in [-0.1, -0.05) is 40.0 Å². The lowest BCUT2D eigenvalue weighted by atomic mass is 10.2. The van der Waals surface area contributed by atoms with E-state index >= 15 is 0 Å². The number of hydrogen-bond donors (Lipinski definition) is 2.